The molecular weight excluding hydrogens is 1190 g/mol. The number of methoxy groups -OCH3 is 3. The molecule has 0 amide bonds. The molecule has 0 saturated carbocycles. The highest BCUT2D eigenvalue weighted by atomic mass is 35.5. The number of carbonyl (C=O) groups is 4. The van der Waals surface area contributed by atoms with Gasteiger partial charge < -0.3 is 58.3 Å². The molecule has 0 unspecified atom stereocenters. The third-order valence-corrected chi connectivity index (χ3v) is 14.0. The van der Waals surface area contributed by atoms with Crippen LogP contribution in [0.4, 0.5) is 4.79 Å². The van der Waals surface area contributed by atoms with Crippen LogP contribution in [0.2, 0.25) is 10.0 Å². The molecule has 90 heavy (non-hydrogen) atoms. The topological polar surface area (TPSA) is 223 Å². The first kappa shape index (κ1) is 71.4. The number of rotatable bonds is 12. The average molecular weight is 1270 g/mol. The normalized spacial score (nSPS) is 11.1. The summed E-state index contributed by atoms with van der Waals surface area (Å²) in [5.41, 5.74) is 5.11. The van der Waals surface area contributed by atoms with E-state index in [4.69, 9.17) is 61.1 Å². The Hall–Kier alpha value is -9.38. The van der Waals surface area contributed by atoms with Crippen LogP contribution in [0, 0.1) is 0 Å². The Morgan fingerprint density at radius 1 is 0.378 bits per heavy atom. The number of benzene rings is 8. The summed E-state index contributed by atoms with van der Waals surface area (Å²) in [5.74, 6) is -0.595. The fraction of sp³-hybridized carbons (Fsp3) is 0.278. The molecular formula is C72H78Cl2O16. The smallest absolute Gasteiger partial charge is 0.504 e. The van der Waals surface area contributed by atoms with Crippen molar-refractivity contribution < 1.29 is 77.5 Å². The van der Waals surface area contributed by atoms with E-state index in [0.29, 0.717) is 32.9 Å². The second-order valence-corrected chi connectivity index (χ2v) is 25.3. The van der Waals surface area contributed by atoms with Gasteiger partial charge in [0.05, 0.1) is 43.0 Å². The van der Waals surface area contributed by atoms with Gasteiger partial charge in [0.15, 0.2) is 57.5 Å². The fourth-order valence-corrected chi connectivity index (χ4v) is 8.34. The lowest BCUT2D eigenvalue weighted by atomic mass is 9.87. The van der Waals surface area contributed by atoms with Gasteiger partial charge in [0, 0.05) is 5.02 Å². The van der Waals surface area contributed by atoms with Crippen LogP contribution in [0.25, 0.3) is 0 Å². The molecule has 4 N–H and O–H groups in total. The van der Waals surface area contributed by atoms with Gasteiger partial charge in [-0.05, 0) is 147 Å². The molecule has 0 heterocycles. The summed E-state index contributed by atoms with van der Waals surface area (Å²) in [6.45, 7) is 24.6. The lowest BCUT2D eigenvalue weighted by molar-refractivity contribution is 0.0720. The van der Waals surface area contributed by atoms with Crippen molar-refractivity contribution in [3.63, 3.8) is 0 Å². The maximum absolute atomic E-state index is 12.5. The summed E-state index contributed by atoms with van der Waals surface area (Å²) in [7, 11) is 4.40. The van der Waals surface area contributed by atoms with Gasteiger partial charge in [-0.2, -0.15) is 0 Å². The number of halogens is 2. The molecule has 0 aromatic heterocycles. The molecule has 0 spiro atoms. The Kier molecular flexibility index (Phi) is 24.7. The van der Waals surface area contributed by atoms with Crippen LogP contribution in [0.1, 0.15) is 142 Å². The van der Waals surface area contributed by atoms with E-state index in [1.807, 2.05) is 138 Å². The zero-order valence-corrected chi connectivity index (χ0v) is 54.8. The van der Waals surface area contributed by atoms with E-state index < -0.39 is 24.1 Å². The SMILES string of the molecule is CC(C)(C)c1ccc(OC(=O)OCc2ccccc2)c(O)c1.CC(C)(C)c1ccc(OC(=O)c2ccc(Cl)cc2)c(O)c1.CC(C)(C)c1ccc(OC(=O)c2ccccc2Cl)c(O)c1.COc1cc(C(=O)Oc2ccc(C(C)(C)C)cc2O)cc(OC)c1OC. The molecule has 0 aliphatic carbocycles. The minimum Gasteiger partial charge on any atom is -0.504 e. The van der Waals surface area contributed by atoms with E-state index in [1.54, 1.807) is 97.1 Å². The Bertz CT molecular complexity index is 3730. The molecule has 8 aromatic carbocycles. The van der Waals surface area contributed by atoms with E-state index in [-0.39, 0.29) is 85.4 Å². The molecule has 0 radical (unpaired) electrons. The van der Waals surface area contributed by atoms with Gasteiger partial charge in [-0.1, -0.05) is 173 Å². The van der Waals surface area contributed by atoms with E-state index in [0.717, 1.165) is 27.8 Å². The standard InChI is InChI=1S/C20H24O6.C18H20O4.2C17H17ClO3/c1-20(2,3)13-7-8-15(14(21)11-13)26-19(22)12-9-16(23-4)18(25-6)17(10-12)24-5;1-18(2,3)14-9-10-16(15(19)11-14)22-17(20)21-12-13-7-5-4-6-8-13;1-17(2,3)12-6-9-15(14(19)10-12)21-16(20)11-4-7-13(18)8-5-11;1-17(2,3)11-8-9-15(14(19)10-11)21-16(20)12-6-4-5-7-13(12)18/h7-11,21H,1-6H3;4-11,19H,12H2,1-3H3;2*4-10,19H,1-3H3. The number of ether oxygens (including phenoxy) is 8. The van der Waals surface area contributed by atoms with Gasteiger partial charge in [0.25, 0.3) is 0 Å². The molecule has 8 rings (SSSR count). The Balaban J connectivity index is 0.000000219. The van der Waals surface area contributed by atoms with Gasteiger partial charge in [-0.15, -0.1) is 0 Å². The largest absolute Gasteiger partial charge is 0.514 e. The molecule has 16 nitrogen and oxygen atoms in total. The van der Waals surface area contributed by atoms with E-state index in [1.165, 1.54) is 33.5 Å². The first-order valence-corrected chi connectivity index (χ1v) is 29.1. The zero-order valence-electron chi connectivity index (χ0n) is 53.2. The quantitative estimate of drug-likeness (QED) is 0.0507. The highest BCUT2D eigenvalue weighted by Crippen LogP contribution is 2.40. The summed E-state index contributed by atoms with van der Waals surface area (Å²) in [6, 6.07) is 45.3. The highest BCUT2D eigenvalue weighted by molar-refractivity contribution is 6.33. The lowest BCUT2D eigenvalue weighted by Crippen LogP contribution is -2.12. The van der Waals surface area contributed by atoms with Crippen molar-refractivity contribution in [1.29, 1.82) is 0 Å². The summed E-state index contributed by atoms with van der Waals surface area (Å²) in [4.78, 5) is 48.2. The van der Waals surface area contributed by atoms with Crippen LogP contribution in [0.3, 0.4) is 0 Å². The first-order chi connectivity index (χ1) is 42.1. The zero-order chi connectivity index (χ0) is 66.9. The van der Waals surface area contributed by atoms with E-state index in [9.17, 15) is 39.6 Å². The fourth-order valence-electron chi connectivity index (χ4n) is 8.00. The molecule has 18 heteroatoms. The monoisotopic (exact) mass is 1270 g/mol. The third-order valence-electron chi connectivity index (χ3n) is 13.4. The summed E-state index contributed by atoms with van der Waals surface area (Å²) < 4.78 is 41.5. The van der Waals surface area contributed by atoms with Crippen molar-refractivity contribution in [1.82, 2.24) is 0 Å². The predicted octanol–water partition coefficient (Wildman–Crippen LogP) is 17.5. The number of phenolic OH excluding ortho intramolecular Hbond substituents is 4. The van der Waals surface area contributed by atoms with E-state index in [2.05, 4.69) is 0 Å². The molecule has 476 valence electrons. The second-order valence-electron chi connectivity index (χ2n) is 24.4. The van der Waals surface area contributed by atoms with Crippen molar-refractivity contribution in [2.75, 3.05) is 21.3 Å². The third kappa shape index (κ3) is 20.9. The van der Waals surface area contributed by atoms with Crippen LogP contribution in [-0.2, 0) is 33.0 Å². The van der Waals surface area contributed by atoms with Crippen LogP contribution >= 0.6 is 23.2 Å². The Morgan fingerprint density at radius 2 is 0.733 bits per heavy atom. The molecule has 0 aliphatic heterocycles. The van der Waals surface area contributed by atoms with Crippen LogP contribution in [0.5, 0.6) is 63.2 Å². The van der Waals surface area contributed by atoms with Crippen molar-refractivity contribution >= 4 is 47.3 Å². The maximum Gasteiger partial charge on any atom is 0.514 e. The number of hydrogen-bond donors (Lipinski definition) is 4. The molecule has 0 bridgehead atoms. The number of aromatic hydroxyl groups is 4. The lowest BCUT2D eigenvalue weighted by Gasteiger charge is -2.19. The van der Waals surface area contributed by atoms with Gasteiger partial charge in [0.1, 0.15) is 6.61 Å². The molecule has 0 saturated heterocycles. The van der Waals surface area contributed by atoms with Crippen LogP contribution in [-0.4, -0.2) is 65.8 Å². The van der Waals surface area contributed by atoms with Gasteiger partial charge in [-0.3, -0.25) is 0 Å². The average Bonchev–Trinajstić information content (AvgIpc) is 1.92. The molecule has 0 atom stereocenters. The van der Waals surface area contributed by atoms with Crippen molar-refractivity contribution in [2.45, 2.75) is 111 Å². The number of carbonyl (C=O) groups excluding carboxylic acids is 4. The summed E-state index contributed by atoms with van der Waals surface area (Å²) >= 11 is 11.7. The molecule has 0 aliphatic rings. The van der Waals surface area contributed by atoms with Gasteiger partial charge >= 0.3 is 24.1 Å². The Labute approximate surface area is 536 Å². The highest BCUT2D eigenvalue weighted by Gasteiger charge is 2.24. The minimum absolute atomic E-state index is 0.0512. The molecule has 0 fully saturated rings. The van der Waals surface area contributed by atoms with Gasteiger partial charge in [0.2, 0.25) is 5.75 Å². The molecule has 8 aromatic rings. The predicted molar refractivity (Wildman–Crippen MR) is 348 cm³/mol. The number of phenols is 4. The van der Waals surface area contributed by atoms with Crippen LogP contribution < -0.4 is 33.2 Å². The second kappa shape index (κ2) is 31.2. The van der Waals surface area contributed by atoms with Crippen molar-refractivity contribution in [2.24, 2.45) is 0 Å². The number of esters is 3. The summed E-state index contributed by atoms with van der Waals surface area (Å²) in [5, 5.41) is 41.0. The Morgan fingerprint density at radius 3 is 1.09 bits per heavy atom. The summed E-state index contributed by atoms with van der Waals surface area (Å²) in [6.07, 6.45) is -0.845. The first-order valence-electron chi connectivity index (χ1n) is 28.3. The van der Waals surface area contributed by atoms with Gasteiger partial charge in [-0.25, -0.2) is 19.2 Å². The minimum atomic E-state index is -0.845. The number of hydrogen-bond acceptors (Lipinski definition) is 16. The van der Waals surface area contributed by atoms with Crippen molar-refractivity contribution in [3.05, 3.63) is 218 Å². The van der Waals surface area contributed by atoms with E-state index >= 15 is 0 Å². The van der Waals surface area contributed by atoms with Crippen molar-refractivity contribution in [3.8, 4) is 63.2 Å². The maximum atomic E-state index is 12.5. The van der Waals surface area contributed by atoms with Crippen LogP contribution in [0.15, 0.2) is 164 Å².